The number of hydrogen-bond acceptors (Lipinski definition) is 6. The molecule has 0 unspecified atom stereocenters. The first-order chi connectivity index (χ1) is 13.2. The summed E-state index contributed by atoms with van der Waals surface area (Å²) in [5, 5.41) is 2.95. The lowest BCUT2D eigenvalue weighted by molar-refractivity contribution is -0.121. The Morgan fingerprint density at radius 3 is 2.74 bits per heavy atom. The topological polar surface area (TPSA) is 87.7 Å². The maximum absolute atomic E-state index is 12.6. The van der Waals surface area contributed by atoms with Crippen LogP contribution in [-0.2, 0) is 9.53 Å². The molecule has 1 aromatic heterocycles. The molecular formula is C19H31N5O3. The van der Waals surface area contributed by atoms with Crippen LogP contribution < -0.4 is 5.32 Å². The van der Waals surface area contributed by atoms with E-state index in [0.29, 0.717) is 31.7 Å². The van der Waals surface area contributed by atoms with Gasteiger partial charge in [0, 0.05) is 51.5 Å². The van der Waals surface area contributed by atoms with Crippen molar-refractivity contribution in [1.82, 2.24) is 25.1 Å². The van der Waals surface area contributed by atoms with E-state index < -0.39 is 0 Å². The average Bonchev–Trinajstić information content (AvgIpc) is 2.72. The highest BCUT2D eigenvalue weighted by Gasteiger charge is 2.18. The first-order valence-electron chi connectivity index (χ1n) is 9.82. The number of ether oxygens (including phenoxy) is 1. The number of rotatable bonds is 11. The molecule has 2 rings (SSSR count). The Labute approximate surface area is 161 Å². The van der Waals surface area contributed by atoms with E-state index in [1.807, 2.05) is 0 Å². The normalized spacial score (nSPS) is 14.7. The van der Waals surface area contributed by atoms with Crippen LogP contribution in [0.3, 0.4) is 0 Å². The molecule has 0 aliphatic carbocycles. The van der Waals surface area contributed by atoms with Crippen molar-refractivity contribution in [2.45, 2.75) is 32.6 Å². The summed E-state index contributed by atoms with van der Waals surface area (Å²) in [4.78, 5) is 36.8. The van der Waals surface area contributed by atoms with Gasteiger partial charge in [-0.05, 0) is 19.4 Å². The number of hydrogen-bond donors (Lipinski definition) is 1. The Morgan fingerprint density at radius 2 is 2.04 bits per heavy atom. The lowest BCUT2D eigenvalue weighted by Gasteiger charge is -2.26. The van der Waals surface area contributed by atoms with Crippen LogP contribution in [0.2, 0.25) is 0 Å². The Balaban J connectivity index is 1.69. The van der Waals surface area contributed by atoms with Gasteiger partial charge in [-0.25, -0.2) is 4.98 Å². The van der Waals surface area contributed by atoms with E-state index in [9.17, 15) is 9.59 Å². The first-order valence-corrected chi connectivity index (χ1v) is 9.82. The Bertz CT molecular complexity index is 564. The number of carbonyl (C=O) groups excluding carboxylic acids is 2. The molecule has 1 aliphatic rings. The molecule has 1 aliphatic heterocycles. The maximum Gasteiger partial charge on any atom is 0.274 e. The zero-order chi connectivity index (χ0) is 19.3. The fraction of sp³-hybridized carbons (Fsp3) is 0.684. The highest BCUT2D eigenvalue weighted by atomic mass is 16.5. The zero-order valence-corrected chi connectivity index (χ0v) is 16.2. The molecule has 27 heavy (non-hydrogen) atoms. The smallest absolute Gasteiger partial charge is 0.274 e. The molecule has 1 aromatic rings. The fourth-order valence-corrected chi connectivity index (χ4v) is 2.92. The third kappa shape index (κ3) is 8.01. The van der Waals surface area contributed by atoms with Gasteiger partial charge in [-0.2, -0.15) is 0 Å². The van der Waals surface area contributed by atoms with Gasteiger partial charge in [0.15, 0.2) is 0 Å². The summed E-state index contributed by atoms with van der Waals surface area (Å²) in [5.41, 5.74) is 0.319. The molecule has 150 valence electrons. The second-order valence-corrected chi connectivity index (χ2v) is 6.64. The second kappa shape index (κ2) is 12.3. The summed E-state index contributed by atoms with van der Waals surface area (Å²) in [6.45, 7) is 8.23. The van der Waals surface area contributed by atoms with Crippen molar-refractivity contribution in [3.05, 3.63) is 24.3 Å². The number of nitrogens with zero attached hydrogens (tertiary/aromatic N) is 4. The zero-order valence-electron chi connectivity index (χ0n) is 16.2. The Hall–Kier alpha value is -2.06. The van der Waals surface area contributed by atoms with Gasteiger partial charge in [-0.15, -0.1) is 0 Å². The van der Waals surface area contributed by atoms with Gasteiger partial charge in [-0.3, -0.25) is 19.5 Å². The minimum Gasteiger partial charge on any atom is -0.379 e. The second-order valence-electron chi connectivity index (χ2n) is 6.64. The monoisotopic (exact) mass is 377 g/mol. The first kappa shape index (κ1) is 21.2. The molecule has 1 N–H and O–H groups in total. The lowest BCUT2D eigenvalue weighted by atomic mass is 10.2. The summed E-state index contributed by atoms with van der Waals surface area (Å²) in [6, 6.07) is 0. The lowest BCUT2D eigenvalue weighted by Crippen LogP contribution is -2.39. The van der Waals surface area contributed by atoms with Gasteiger partial charge in [-0.1, -0.05) is 13.3 Å². The van der Waals surface area contributed by atoms with Gasteiger partial charge in [0.2, 0.25) is 5.91 Å². The van der Waals surface area contributed by atoms with E-state index in [4.69, 9.17) is 4.74 Å². The number of unbranched alkanes of at least 4 members (excludes halogenated alkanes) is 1. The van der Waals surface area contributed by atoms with Crippen molar-refractivity contribution in [2.24, 2.45) is 0 Å². The van der Waals surface area contributed by atoms with Crippen molar-refractivity contribution >= 4 is 11.8 Å². The van der Waals surface area contributed by atoms with Gasteiger partial charge in [0.25, 0.3) is 5.91 Å². The number of morpholine rings is 1. The average molecular weight is 377 g/mol. The Kier molecular flexibility index (Phi) is 9.72. The van der Waals surface area contributed by atoms with Crippen LogP contribution in [0.1, 0.15) is 43.1 Å². The van der Waals surface area contributed by atoms with E-state index in [1.54, 1.807) is 4.90 Å². The van der Waals surface area contributed by atoms with E-state index in [2.05, 4.69) is 27.1 Å². The van der Waals surface area contributed by atoms with Gasteiger partial charge in [0.05, 0.1) is 19.4 Å². The SMILES string of the molecule is CCCCN(CCC(=O)NCCCN1CCOCC1)C(=O)c1cnccn1. The van der Waals surface area contributed by atoms with E-state index in [1.165, 1.54) is 18.6 Å². The van der Waals surface area contributed by atoms with E-state index in [-0.39, 0.29) is 11.8 Å². The summed E-state index contributed by atoms with van der Waals surface area (Å²) >= 11 is 0. The molecule has 8 heteroatoms. The molecule has 1 fully saturated rings. The van der Waals surface area contributed by atoms with Crippen molar-refractivity contribution in [3.63, 3.8) is 0 Å². The summed E-state index contributed by atoms with van der Waals surface area (Å²) < 4.78 is 5.33. The van der Waals surface area contributed by atoms with Crippen molar-refractivity contribution < 1.29 is 14.3 Å². The predicted octanol–water partition coefficient (Wildman–Crippen LogP) is 0.948. The Morgan fingerprint density at radius 1 is 1.22 bits per heavy atom. The predicted molar refractivity (Wildman–Crippen MR) is 102 cm³/mol. The number of amides is 2. The van der Waals surface area contributed by atoms with Gasteiger partial charge < -0.3 is 15.0 Å². The third-order valence-corrected chi connectivity index (χ3v) is 4.54. The molecule has 2 heterocycles. The number of carbonyl (C=O) groups is 2. The summed E-state index contributed by atoms with van der Waals surface area (Å²) in [5.74, 6) is -0.193. The van der Waals surface area contributed by atoms with Crippen LogP contribution in [0.25, 0.3) is 0 Å². The fourth-order valence-electron chi connectivity index (χ4n) is 2.92. The summed E-state index contributed by atoms with van der Waals surface area (Å²) in [7, 11) is 0. The van der Waals surface area contributed by atoms with Crippen molar-refractivity contribution in [3.8, 4) is 0 Å². The molecule has 0 bridgehead atoms. The van der Waals surface area contributed by atoms with Crippen LogP contribution >= 0.6 is 0 Å². The largest absolute Gasteiger partial charge is 0.379 e. The van der Waals surface area contributed by atoms with Crippen molar-refractivity contribution in [2.75, 3.05) is 52.5 Å². The number of nitrogens with one attached hydrogen (secondary N) is 1. The minimum absolute atomic E-state index is 0.0228. The summed E-state index contributed by atoms with van der Waals surface area (Å²) in [6.07, 6.45) is 7.61. The molecule has 8 nitrogen and oxygen atoms in total. The van der Waals surface area contributed by atoms with Crippen LogP contribution in [0.4, 0.5) is 0 Å². The number of aromatic nitrogens is 2. The van der Waals surface area contributed by atoms with Gasteiger partial charge in [0.1, 0.15) is 5.69 Å². The third-order valence-electron chi connectivity index (χ3n) is 4.54. The highest BCUT2D eigenvalue weighted by molar-refractivity contribution is 5.92. The molecule has 1 saturated heterocycles. The molecule has 2 amide bonds. The quantitative estimate of drug-likeness (QED) is 0.578. The van der Waals surface area contributed by atoms with Crippen molar-refractivity contribution in [1.29, 1.82) is 0 Å². The van der Waals surface area contributed by atoms with E-state index >= 15 is 0 Å². The molecule has 0 aromatic carbocycles. The standard InChI is InChI=1S/C19H31N5O3/c1-2-3-10-24(19(26)17-16-20-7-8-21-17)11-5-18(25)22-6-4-9-23-12-14-27-15-13-23/h7-8,16H,2-6,9-15H2,1H3,(H,22,25). The molecule has 0 atom stereocenters. The molecule has 0 spiro atoms. The van der Waals surface area contributed by atoms with Crippen LogP contribution in [-0.4, -0.2) is 84.1 Å². The molecule has 0 saturated carbocycles. The van der Waals surface area contributed by atoms with Gasteiger partial charge >= 0.3 is 0 Å². The highest BCUT2D eigenvalue weighted by Crippen LogP contribution is 2.04. The maximum atomic E-state index is 12.6. The van der Waals surface area contributed by atoms with Crippen LogP contribution in [0, 0.1) is 0 Å². The van der Waals surface area contributed by atoms with E-state index in [0.717, 1.165) is 52.1 Å². The van der Waals surface area contributed by atoms with Crippen LogP contribution in [0.15, 0.2) is 18.6 Å². The van der Waals surface area contributed by atoms with Crippen LogP contribution in [0.5, 0.6) is 0 Å². The minimum atomic E-state index is -0.170. The molecule has 0 radical (unpaired) electrons. The molecular weight excluding hydrogens is 346 g/mol.